The van der Waals surface area contributed by atoms with Crippen molar-refractivity contribution >= 4 is 0 Å². The van der Waals surface area contributed by atoms with Gasteiger partial charge < -0.3 is 18.9 Å². The number of fused-ring (bicyclic) bond motifs is 1. The van der Waals surface area contributed by atoms with Crippen LogP contribution in [-0.4, -0.2) is 37.1 Å². The summed E-state index contributed by atoms with van der Waals surface area (Å²) in [4.78, 5) is 0. The molecule has 0 spiro atoms. The van der Waals surface area contributed by atoms with Crippen molar-refractivity contribution in [2.75, 3.05) is 6.67 Å². The van der Waals surface area contributed by atoms with Crippen LogP contribution in [0.4, 0.5) is 8.78 Å². The van der Waals surface area contributed by atoms with Crippen LogP contribution in [0.3, 0.4) is 0 Å². The number of halogens is 2. The summed E-state index contributed by atoms with van der Waals surface area (Å²) in [6.07, 6.45) is -1.85. The SMILES string of the molecule is C[C@H]1O[C@@H]2OC(C)(CF)O[C@@H]2[C@H]1OCc1ccccc1F. The lowest BCUT2D eigenvalue weighted by atomic mass is 10.1. The maximum atomic E-state index is 13.6. The molecule has 1 unspecified atom stereocenters. The van der Waals surface area contributed by atoms with E-state index in [4.69, 9.17) is 18.9 Å². The molecular weight excluding hydrogens is 282 g/mol. The van der Waals surface area contributed by atoms with E-state index in [1.165, 1.54) is 13.0 Å². The van der Waals surface area contributed by atoms with Crippen LogP contribution in [0.15, 0.2) is 24.3 Å². The minimum Gasteiger partial charge on any atom is -0.368 e. The van der Waals surface area contributed by atoms with E-state index in [1.807, 2.05) is 6.92 Å². The van der Waals surface area contributed by atoms with Crippen molar-refractivity contribution in [1.82, 2.24) is 0 Å². The predicted octanol–water partition coefficient (Wildman–Crippen LogP) is 2.56. The van der Waals surface area contributed by atoms with Gasteiger partial charge in [0, 0.05) is 5.56 Å². The lowest BCUT2D eigenvalue weighted by Gasteiger charge is -2.25. The maximum absolute atomic E-state index is 13.6. The van der Waals surface area contributed by atoms with Crippen LogP contribution in [0, 0.1) is 5.82 Å². The van der Waals surface area contributed by atoms with E-state index >= 15 is 0 Å². The van der Waals surface area contributed by atoms with Crippen molar-refractivity contribution in [2.45, 2.75) is 50.8 Å². The quantitative estimate of drug-likeness (QED) is 0.856. The summed E-state index contributed by atoms with van der Waals surface area (Å²) < 4.78 is 48.8. The van der Waals surface area contributed by atoms with Gasteiger partial charge in [-0.2, -0.15) is 0 Å². The van der Waals surface area contributed by atoms with Gasteiger partial charge >= 0.3 is 0 Å². The molecule has 0 N–H and O–H groups in total. The molecule has 1 aromatic rings. The van der Waals surface area contributed by atoms with Crippen molar-refractivity contribution in [3.05, 3.63) is 35.6 Å². The topological polar surface area (TPSA) is 36.9 Å². The predicted molar refractivity (Wildman–Crippen MR) is 69.7 cm³/mol. The highest BCUT2D eigenvalue weighted by Crippen LogP contribution is 2.39. The van der Waals surface area contributed by atoms with Gasteiger partial charge in [0.2, 0.25) is 0 Å². The van der Waals surface area contributed by atoms with E-state index in [0.29, 0.717) is 5.56 Å². The summed E-state index contributed by atoms with van der Waals surface area (Å²) in [5, 5.41) is 0. The van der Waals surface area contributed by atoms with Gasteiger partial charge in [-0.25, -0.2) is 8.78 Å². The minimum absolute atomic E-state index is 0.101. The lowest BCUT2D eigenvalue weighted by Crippen LogP contribution is -2.37. The molecule has 2 fully saturated rings. The van der Waals surface area contributed by atoms with Crippen molar-refractivity contribution in [3.63, 3.8) is 0 Å². The summed E-state index contributed by atoms with van der Waals surface area (Å²) in [6.45, 7) is 2.68. The Kier molecular flexibility index (Phi) is 3.96. The van der Waals surface area contributed by atoms with Crippen LogP contribution in [-0.2, 0) is 25.6 Å². The number of rotatable bonds is 4. The second-order valence-corrected chi connectivity index (χ2v) is 5.54. The average molecular weight is 300 g/mol. The van der Waals surface area contributed by atoms with Gasteiger partial charge in [0.05, 0.1) is 12.7 Å². The van der Waals surface area contributed by atoms with Crippen LogP contribution < -0.4 is 0 Å². The fourth-order valence-electron chi connectivity index (χ4n) is 2.66. The molecule has 2 heterocycles. The van der Waals surface area contributed by atoms with E-state index in [1.54, 1.807) is 18.2 Å². The van der Waals surface area contributed by atoms with Crippen LogP contribution in [0.5, 0.6) is 0 Å². The van der Waals surface area contributed by atoms with Gasteiger partial charge in [0.25, 0.3) is 0 Å². The Morgan fingerprint density at radius 2 is 2.05 bits per heavy atom. The highest BCUT2D eigenvalue weighted by molar-refractivity contribution is 5.16. The minimum atomic E-state index is -1.30. The first-order chi connectivity index (χ1) is 10.0. The van der Waals surface area contributed by atoms with Crippen LogP contribution in [0.2, 0.25) is 0 Å². The Balaban J connectivity index is 1.66. The van der Waals surface area contributed by atoms with E-state index in [2.05, 4.69) is 0 Å². The molecule has 2 saturated heterocycles. The van der Waals surface area contributed by atoms with Crippen molar-refractivity contribution in [1.29, 1.82) is 0 Å². The van der Waals surface area contributed by atoms with Crippen LogP contribution in [0.1, 0.15) is 19.4 Å². The Morgan fingerprint density at radius 1 is 1.29 bits per heavy atom. The molecule has 0 bridgehead atoms. The van der Waals surface area contributed by atoms with E-state index in [-0.39, 0.29) is 18.5 Å². The zero-order chi connectivity index (χ0) is 15.0. The zero-order valence-corrected chi connectivity index (χ0v) is 11.9. The molecule has 2 aliphatic rings. The van der Waals surface area contributed by atoms with Gasteiger partial charge in [-0.15, -0.1) is 0 Å². The monoisotopic (exact) mass is 300 g/mol. The first-order valence-corrected chi connectivity index (χ1v) is 6.94. The number of alkyl halides is 1. The molecule has 0 saturated carbocycles. The molecule has 5 atom stereocenters. The molecule has 3 rings (SSSR count). The third kappa shape index (κ3) is 2.81. The second-order valence-electron chi connectivity index (χ2n) is 5.54. The van der Waals surface area contributed by atoms with E-state index in [0.717, 1.165) is 0 Å². The molecule has 0 aliphatic carbocycles. The van der Waals surface area contributed by atoms with Gasteiger partial charge in [-0.1, -0.05) is 18.2 Å². The van der Waals surface area contributed by atoms with Gasteiger partial charge in [0.1, 0.15) is 24.7 Å². The molecule has 116 valence electrons. The fraction of sp³-hybridized carbons (Fsp3) is 0.600. The van der Waals surface area contributed by atoms with Gasteiger partial charge in [-0.3, -0.25) is 0 Å². The molecular formula is C15H18F2O4. The van der Waals surface area contributed by atoms with Gasteiger partial charge in [0.15, 0.2) is 12.1 Å². The smallest absolute Gasteiger partial charge is 0.197 e. The zero-order valence-electron chi connectivity index (χ0n) is 11.9. The molecule has 4 nitrogen and oxygen atoms in total. The van der Waals surface area contributed by atoms with Crippen molar-refractivity contribution in [3.8, 4) is 0 Å². The Bertz CT molecular complexity index is 512. The first kappa shape index (κ1) is 14.8. The van der Waals surface area contributed by atoms with E-state index in [9.17, 15) is 8.78 Å². The molecule has 0 radical (unpaired) electrons. The fourth-order valence-corrected chi connectivity index (χ4v) is 2.66. The summed E-state index contributed by atoms with van der Waals surface area (Å²) in [5.41, 5.74) is 0.459. The first-order valence-electron chi connectivity index (χ1n) is 6.94. The number of hydrogen-bond donors (Lipinski definition) is 0. The maximum Gasteiger partial charge on any atom is 0.197 e. The highest BCUT2D eigenvalue weighted by Gasteiger charge is 2.55. The Hall–Kier alpha value is -1.08. The summed E-state index contributed by atoms with van der Waals surface area (Å²) in [7, 11) is 0. The van der Waals surface area contributed by atoms with Crippen molar-refractivity contribution < 1.29 is 27.7 Å². The normalized spacial score (nSPS) is 38.7. The Labute approximate surface area is 121 Å². The summed E-state index contributed by atoms with van der Waals surface area (Å²) in [6, 6.07) is 6.40. The van der Waals surface area contributed by atoms with Crippen LogP contribution >= 0.6 is 0 Å². The molecule has 21 heavy (non-hydrogen) atoms. The van der Waals surface area contributed by atoms with E-state index < -0.39 is 31.0 Å². The standard InChI is InChI=1S/C15H18F2O4/c1-9-12(18-7-10-5-3-4-6-11(10)17)13-14(19-9)21-15(2,8-16)20-13/h3-6,9,12-14H,7-8H2,1-2H3/t9-,12+,13-,14-,15?/m1/s1. The third-order valence-electron chi connectivity index (χ3n) is 3.79. The Morgan fingerprint density at radius 3 is 2.76 bits per heavy atom. The van der Waals surface area contributed by atoms with Gasteiger partial charge in [-0.05, 0) is 19.9 Å². The summed E-state index contributed by atoms with van der Waals surface area (Å²) in [5.74, 6) is -1.62. The molecule has 2 aliphatic heterocycles. The molecule has 0 aromatic heterocycles. The highest BCUT2D eigenvalue weighted by atomic mass is 19.1. The number of ether oxygens (including phenoxy) is 4. The molecule has 0 amide bonds. The second kappa shape index (κ2) is 5.61. The van der Waals surface area contributed by atoms with Crippen molar-refractivity contribution in [2.24, 2.45) is 0 Å². The molecule has 1 aromatic carbocycles. The third-order valence-corrected chi connectivity index (χ3v) is 3.79. The average Bonchev–Trinajstić information content (AvgIpc) is 2.92. The molecule has 6 heteroatoms. The summed E-state index contributed by atoms with van der Waals surface area (Å²) >= 11 is 0. The number of hydrogen-bond acceptors (Lipinski definition) is 4. The lowest BCUT2D eigenvalue weighted by molar-refractivity contribution is -0.231. The largest absolute Gasteiger partial charge is 0.368 e. The number of benzene rings is 1. The van der Waals surface area contributed by atoms with Crippen LogP contribution in [0.25, 0.3) is 0 Å².